The Kier molecular flexibility index (Phi) is 5.34. The van der Waals surface area contributed by atoms with Crippen molar-refractivity contribution >= 4 is 23.5 Å². The molecule has 0 aliphatic carbocycles. The highest BCUT2D eigenvalue weighted by atomic mass is 35.5. The lowest BCUT2D eigenvalue weighted by atomic mass is 10.0. The van der Waals surface area contributed by atoms with Crippen molar-refractivity contribution in [3.8, 4) is 0 Å². The Morgan fingerprint density at radius 3 is 2.61 bits per heavy atom. The second kappa shape index (κ2) is 7.24. The Labute approximate surface area is 137 Å². The van der Waals surface area contributed by atoms with Crippen LogP contribution < -0.4 is 5.32 Å². The van der Waals surface area contributed by atoms with Gasteiger partial charge in [0.15, 0.2) is 0 Å². The highest BCUT2D eigenvalue weighted by Gasteiger charge is 2.22. The van der Waals surface area contributed by atoms with Crippen LogP contribution in [0.2, 0.25) is 5.02 Å². The summed E-state index contributed by atoms with van der Waals surface area (Å²) in [6.07, 6.45) is 0.140. The first kappa shape index (κ1) is 17.0. The summed E-state index contributed by atoms with van der Waals surface area (Å²) in [5.74, 6) is -2.38. The van der Waals surface area contributed by atoms with E-state index in [9.17, 15) is 19.1 Å². The van der Waals surface area contributed by atoms with E-state index in [2.05, 4.69) is 5.32 Å². The van der Waals surface area contributed by atoms with Crippen molar-refractivity contribution in [1.29, 1.82) is 0 Å². The van der Waals surface area contributed by atoms with Crippen LogP contribution in [0.4, 0.5) is 4.39 Å². The fraction of sp³-hybridized carbons (Fsp3) is 0.176. The number of benzene rings is 2. The molecule has 0 heterocycles. The van der Waals surface area contributed by atoms with Crippen LogP contribution >= 0.6 is 11.6 Å². The molecule has 0 radical (unpaired) electrons. The Balaban J connectivity index is 2.16. The predicted octanol–water partition coefficient (Wildman–Crippen LogP) is 3.21. The van der Waals surface area contributed by atoms with Crippen LogP contribution in [0.25, 0.3) is 0 Å². The molecule has 0 fully saturated rings. The molecule has 1 amide bonds. The van der Waals surface area contributed by atoms with Gasteiger partial charge in [-0.2, -0.15) is 0 Å². The van der Waals surface area contributed by atoms with Crippen molar-refractivity contribution in [2.45, 2.75) is 19.4 Å². The van der Waals surface area contributed by atoms with E-state index in [4.69, 9.17) is 11.6 Å². The smallest absolute Gasteiger partial charge is 0.326 e. The zero-order valence-corrected chi connectivity index (χ0v) is 13.1. The van der Waals surface area contributed by atoms with Gasteiger partial charge in [0.25, 0.3) is 5.91 Å². The Hall–Kier alpha value is -2.40. The molecule has 2 aromatic rings. The number of carbonyl (C=O) groups excluding carboxylic acids is 1. The number of hydrogen-bond donors (Lipinski definition) is 2. The second-order valence-electron chi connectivity index (χ2n) is 5.18. The summed E-state index contributed by atoms with van der Waals surface area (Å²) in [6.45, 7) is 1.90. The average Bonchev–Trinajstić information content (AvgIpc) is 2.46. The first-order valence-corrected chi connectivity index (χ1v) is 7.29. The van der Waals surface area contributed by atoms with Crippen molar-refractivity contribution in [3.05, 3.63) is 70.0 Å². The van der Waals surface area contributed by atoms with Crippen LogP contribution in [0.5, 0.6) is 0 Å². The number of carboxylic acid groups (broad SMARTS) is 1. The molecule has 1 atom stereocenters. The van der Waals surface area contributed by atoms with E-state index >= 15 is 0 Å². The molecule has 0 aromatic heterocycles. The fourth-order valence-corrected chi connectivity index (χ4v) is 2.44. The number of hydrogen-bond acceptors (Lipinski definition) is 2. The first-order chi connectivity index (χ1) is 10.9. The molecule has 120 valence electrons. The van der Waals surface area contributed by atoms with E-state index < -0.39 is 23.7 Å². The van der Waals surface area contributed by atoms with Crippen LogP contribution in [-0.2, 0) is 11.2 Å². The number of rotatable bonds is 5. The summed E-state index contributed by atoms with van der Waals surface area (Å²) in [4.78, 5) is 23.6. The monoisotopic (exact) mass is 335 g/mol. The van der Waals surface area contributed by atoms with E-state index in [0.717, 1.165) is 23.3 Å². The second-order valence-corrected chi connectivity index (χ2v) is 5.59. The van der Waals surface area contributed by atoms with Crippen LogP contribution in [0.3, 0.4) is 0 Å². The molecule has 6 heteroatoms. The molecular weight excluding hydrogens is 321 g/mol. The van der Waals surface area contributed by atoms with Gasteiger partial charge in [0, 0.05) is 6.42 Å². The van der Waals surface area contributed by atoms with E-state index in [-0.39, 0.29) is 17.0 Å². The molecule has 1 unspecified atom stereocenters. The average molecular weight is 336 g/mol. The maximum Gasteiger partial charge on any atom is 0.326 e. The molecule has 2 rings (SSSR count). The molecule has 2 aromatic carbocycles. The molecule has 4 nitrogen and oxygen atoms in total. The van der Waals surface area contributed by atoms with E-state index in [1.807, 2.05) is 25.1 Å². The molecule has 2 N–H and O–H groups in total. The molecule has 23 heavy (non-hydrogen) atoms. The van der Waals surface area contributed by atoms with Crippen LogP contribution in [0.15, 0.2) is 42.5 Å². The molecule has 0 saturated heterocycles. The van der Waals surface area contributed by atoms with Gasteiger partial charge < -0.3 is 10.4 Å². The van der Waals surface area contributed by atoms with Crippen molar-refractivity contribution in [2.24, 2.45) is 0 Å². The van der Waals surface area contributed by atoms with E-state index in [0.29, 0.717) is 0 Å². The molecule has 0 bridgehead atoms. The number of nitrogens with one attached hydrogen (secondary N) is 1. The topological polar surface area (TPSA) is 66.4 Å². The summed E-state index contributed by atoms with van der Waals surface area (Å²) < 4.78 is 13.0. The van der Waals surface area contributed by atoms with Gasteiger partial charge in [-0.3, -0.25) is 4.79 Å². The minimum Gasteiger partial charge on any atom is -0.480 e. The lowest BCUT2D eigenvalue weighted by Crippen LogP contribution is -2.42. The maximum absolute atomic E-state index is 13.0. The van der Waals surface area contributed by atoms with Gasteiger partial charge in [-0.05, 0) is 30.7 Å². The molecule has 0 saturated carbocycles. The number of carboxylic acids is 1. The van der Waals surface area contributed by atoms with Crippen molar-refractivity contribution < 1.29 is 19.1 Å². The van der Waals surface area contributed by atoms with Crippen molar-refractivity contribution in [2.75, 3.05) is 0 Å². The summed E-state index contributed by atoms with van der Waals surface area (Å²) in [6, 6.07) is 9.58. The molecule has 0 aliphatic rings. The first-order valence-electron chi connectivity index (χ1n) is 6.91. The normalized spacial score (nSPS) is 11.8. The van der Waals surface area contributed by atoms with Gasteiger partial charge >= 0.3 is 5.97 Å². The summed E-state index contributed by atoms with van der Waals surface area (Å²) in [7, 11) is 0. The zero-order valence-electron chi connectivity index (χ0n) is 12.3. The van der Waals surface area contributed by atoms with Gasteiger partial charge in [0.2, 0.25) is 0 Å². The summed E-state index contributed by atoms with van der Waals surface area (Å²) in [5, 5.41) is 11.7. The maximum atomic E-state index is 13.0. The highest BCUT2D eigenvalue weighted by Crippen LogP contribution is 2.17. The molecular formula is C17H15ClFNO3. The molecule has 0 aliphatic heterocycles. The number of halogens is 2. The predicted molar refractivity (Wildman–Crippen MR) is 85.2 cm³/mol. The van der Waals surface area contributed by atoms with E-state index in [1.54, 1.807) is 6.07 Å². The van der Waals surface area contributed by atoms with Crippen LogP contribution in [-0.4, -0.2) is 23.0 Å². The third kappa shape index (κ3) is 4.53. The van der Waals surface area contributed by atoms with Gasteiger partial charge in [-0.25, -0.2) is 9.18 Å². The number of amides is 1. The van der Waals surface area contributed by atoms with E-state index in [1.165, 1.54) is 6.07 Å². The zero-order chi connectivity index (χ0) is 17.0. The summed E-state index contributed by atoms with van der Waals surface area (Å²) >= 11 is 5.82. The van der Waals surface area contributed by atoms with Crippen molar-refractivity contribution in [1.82, 2.24) is 5.32 Å². The Morgan fingerprint density at radius 2 is 2.00 bits per heavy atom. The number of aliphatic carboxylic acids is 1. The Morgan fingerprint density at radius 1 is 1.26 bits per heavy atom. The highest BCUT2D eigenvalue weighted by molar-refractivity contribution is 6.33. The van der Waals surface area contributed by atoms with Gasteiger partial charge in [-0.1, -0.05) is 41.4 Å². The quantitative estimate of drug-likeness (QED) is 0.881. The minimum absolute atomic E-state index is 0.0311. The van der Waals surface area contributed by atoms with Crippen LogP contribution in [0.1, 0.15) is 21.5 Å². The lowest BCUT2D eigenvalue weighted by Gasteiger charge is -2.15. The molecule has 0 spiro atoms. The number of aryl methyl sites for hydroxylation is 1. The summed E-state index contributed by atoms with van der Waals surface area (Å²) in [5.41, 5.74) is 1.83. The van der Waals surface area contributed by atoms with Gasteiger partial charge in [-0.15, -0.1) is 0 Å². The largest absolute Gasteiger partial charge is 0.480 e. The van der Waals surface area contributed by atoms with Gasteiger partial charge in [0.05, 0.1) is 10.6 Å². The van der Waals surface area contributed by atoms with Crippen molar-refractivity contribution in [3.63, 3.8) is 0 Å². The number of carbonyl (C=O) groups is 2. The third-order valence-electron chi connectivity index (χ3n) is 3.30. The lowest BCUT2D eigenvalue weighted by molar-refractivity contribution is -0.139. The van der Waals surface area contributed by atoms with Crippen LogP contribution in [0, 0.1) is 12.7 Å². The van der Waals surface area contributed by atoms with Gasteiger partial charge in [0.1, 0.15) is 11.9 Å². The Bertz CT molecular complexity index is 748. The third-order valence-corrected chi connectivity index (χ3v) is 3.61. The SMILES string of the molecule is Cc1cccc(CC(NC(=O)c2ccc(F)cc2Cl)C(=O)O)c1. The standard InChI is InChI=1S/C17H15ClFNO3/c1-10-3-2-4-11(7-10)8-15(17(22)23)20-16(21)13-6-5-12(19)9-14(13)18/h2-7,9,15H,8H2,1H3,(H,20,21)(H,22,23). The fourth-order valence-electron chi connectivity index (χ4n) is 2.18. The minimum atomic E-state index is -1.15.